The van der Waals surface area contributed by atoms with E-state index in [9.17, 15) is 14.4 Å². The first kappa shape index (κ1) is 22.1. The second kappa shape index (κ2) is 10.0. The SMILES string of the molecule is N#Cc1c(NC(=O)CCSc2nnc(COc3ccc(F)cc3)n2N)sc2c1CCCC2. The second-order valence-corrected chi connectivity index (χ2v) is 9.35. The van der Waals surface area contributed by atoms with Crippen LogP contribution in [0.15, 0.2) is 29.4 Å². The van der Waals surface area contributed by atoms with Crippen molar-refractivity contribution in [2.75, 3.05) is 16.9 Å². The van der Waals surface area contributed by atoms with Crippen LogP contribution in [-0.4, -0.2) is 26.5 Å². The fourth-order valence-electron chi connectivity index (χ4n) is 3.38. The Hall–Kier alpha value is -3.10. The highest BCUT2D eigenvalue weighted by Crippen LogP contribution is 2.37. The Kier molecular flexibility index (Phi) is 6.92. The van der Waals surface area contributed by atoms with Crippen molar-refractivity contribution in [3.8, 4) is 11.8 Å². The molecule has 3 aromatic rings. The van der Waals surface area contributed by atoms with Crippen LogP contribution in [0.2, 0.25) is 0 Å². The topological polar surface area (TPSA) is 119 Å². The molecule has 0 unspecified atom stereocenters. The zero-order chi connectivity index (χ0) is 22.5. The third-order valence-corrected chi connectivity index (χ3v) is 7.17. The Morgan fingerprint density at radius 3 is 2.88 bits per heavy atom. The summed E-state index contributed by atoms with van der Waals surface area (Å²) in [4.78, 5) is 13.6. The number of carbonyl (C=O) groups excluding carboxylic acids is 1. The number of carbonyl (C=O) groups is 1. The number of aryl methyl sites for hydroxylation is 1. The molecule has 0 saturated heterocycles. The number of nitrogen functional groups attached to an aromatic ring is 1. The Balaban J connectivity index is 1.27. The largest absolute Gasteiger partial charge is 0.486 e. The van der Waals surface area contributed by atoms with Crippen molar-refractivity contribution < 1.29 is 13.9 Å². The number of halogens is 1. The van der Waals surface area contributed by atoms with Gasteiger partial charge in [0.25, 0.3) is 0 Å². The summed E-state index contributed by atoms with van der Waals surface area (Å²) in [6.07, 6.45) is 4.32. The molecule has 2 aromatic heterocycles. The number of thioether (sulfide) groups is 1. The van der Waals surface area contributed by atoms with E-state index in [0.717, 1.165) is 31.2 Å². The highest BCUT2D eigenvalue weighted by Gasteiger charge is 2.21. The van der Waals surface area contributed by atoms with E-state index in [0.29, 0.717) is 33.0 Å². The average Bonchev–Trinajstić information content (AvgIpc) is 3.32. The van der Waals surface area contributed by atoms with Gasteiger partial charge in [0.2, 0.25) is 11.1 Å². The van der Waals surface area contributed by atoms with E-state index < -0.39 is 0 Å². The van der Waals surface area contributed by atoms with Crippen molar-refractivity contribution in [2.24, 2.45) is 0 Å². The molecule has 8 nitrogen and oxygen atoms in total. The molecule has 0 saturated carbocycles. The van der Waals surface area contributed by atoms with Gasteiger partial charge in [-0.05, 0) is 55.5 Å². The average molecular weight is 473 g/mol. The number of hydrogen-bond donors (Lipinski definition) is 2. The van der Waals surface area contributed by atoms with Gasteiger partial charge in [-0.3, -0.25) is 4.79 Å². The van der Waals surface area contributed by atoms with Crippen molar-refractivity contribution in [1.82, 2.24) is 14.9 Å². The zero-order valence-electron chi connectivity index (χ0n) is 17.1. The number of ether oxygens (including phenoxy) is 1. The summed E-state index contributed by atoms with van der Waals surface area (Å²) in [5.41, 5.74) is 1.71. The van der Waals surface area contributed by atoms with E-state index in [2.05, 4.69) is 21.6 Å². The number of aromatic nitrogens is 3. The highest BCUT2D eigenvalue weighted by molar-refractivity contribution is 7.99. The molecule has 1 aliphatic carbocycles. The first-order chi connectivity index (χ1) is 15.5. The van der Waals surface area contributed by atoms with E-state index in [1.807, 2.05) is 0 Å². The van der Waals surface area contributed by atoms with Crippen LogP contribution in [0, 0.1) is 17.1 Å². The third-order valence-electron chi connectivity index (χ3n) is 5.01. The normalized spacial score (nSPS) is 12.8. The number of fused-ring (bicyclic) bond motifs is 1. The van der Waals surface area contributed by atoms with Crippen LogP contribution in [0.5, 0.6) is 5.75 Å². The predicted molar refractivity (Wildman–Crippen MR) is 121 cm³/mol. The molecule has 0 radical (unpaired) electrons. The van der Waals surface area contributed by atoms with Gasteiger partial charge < -0.3 is 15.9 Å². The number of nitrogens with zero attached hydrogens (tertiary/aromatic N) is 4. The number of thiophene rings is 1. The van der Waals surface area contributed by atoms with E-state index in [-0.39, 0.29) is 24.8 Å². The molecule has 4 rings (SSSR count). The van der Waals surface area contributed by atoms with Gasteiger partial charge >= 0.3 is 0 Å². The lowest BCUT2D eigenvalue weighted by atomic mass is 9.96. The van der Waals surface area contributed by atoms with Crippen molar-refractivity contribution in [3.63, 3.8) is 0 Å². The number of nitrogens with two attached hydrogens (primary N) is 1. The molecule has 2 heterocycles. The van der Waals surface area contributed by atoms with Gasteiger partial charge in [0.05, 0.1) is 5.56 Å². The molecule has 11 heteroatoms. The lowest BCUT2D eigenvalue weighted by Gasteiger charge is -2.09. The molecule has 3 N–H and O–H groups in total. The van der Waals surface area contributed by atoms with Crippen molar-refractivity contribution in [2.45, 2.75) is 43.9 Å². The number of rotatable bonds is 8. The van der Waals surface area contributed by atoms with Crippen molar-refractivity contribution in [3.05, 3.63) is 51.9 Å². The van der Waals surface area contributed by atoms with E-state index >= 15 is 0 Å². The van der Waals surface area contributed by atoms with Crippen molar-refractivity contribution in [1.29, 1.82) is 5.26 Å². The van der Waals surface area contributed by atoms with Crippen LogP contribution >= 0.6 is 23.1 Å². The van der Waals surface area contributed by atoms with Gasteiger partial charge in [-0.2, -0.15) is 5.26 Å². The summed E-state index contributed by atoms with van der Waals surface area (Å²) in [5, 5.41) is 21.5. The van der Waals surface area contributed by atoms with Crippen LogP contribution in [0.4, 0.5) is 9.39 Å². The fourth-order valence-corrected chi connectivity index (χ4v) is 5.45. The van der Waals surface area contributed by atoms with Crippen LogP contribution in [-0.2, 0) is 24.2 Å². The summed E-state index contributed by atoms with van der Waals surface area (Å²) in [6, 6.07) is 7.89. The smallest absolute Gasteiger partial charge is 0.225 e. The van der Waals surface area contributed by atoms with E-state index in [4.69, 9.17) is 10.6 Å². The first-order valence-corrected chi connectivity index (χ1v) is 11.9. The van der Waals surface area contributed by atoms with Crippen molar-refractivity contribution >= 4 is 34.0 Å². The molecular formula is C21H21FN6O2S2. The maximum absolute atomic E-state index is 13.0. The summed E-state index contributed by atoms with van der Waals surface area (Å²) < 4.78 is 19.8. The Labute approximate surface area is 192 Å². The van der Waals surface area contributed by atoms with Gasteiger partial charge in [-0.25, -0.2) is 9.07 Å². The predicted octanol–water partition coefficient (Wildman–Crippen LogP) is 3.64. The fraction of sp³-hybridized carbons (Fsp3) is 0.333. The Morgan fingerprint density at radius 2 is 2.09 bits per heavy atom. The van der Waals surface area contributed by atoms with E-state index in [1.165, 1.54) is 56.9 Å². The third kappa shape index (κ3) is 5.03. The van der Waals surface area contributed by atoms with Crippen LogP contribution in [0.3, 0.4) is 0 Å². The number of hydrogen-bond acceptors (Lipinski definition) is 8. The van der Waals surface area contributed by atoms with Gasteiger partial charge in [-0.15, -0.1) is 21.5 Å². The highest BCUT2D eigenvalue weighted by atomic mass is 32.2. The van der Waals surface area contributed by atoms with Gasteiger partial charge in [0.1, 0.15) is 29.2 Å². The van der Waals surface area contributed by atoms with Crippen LogP contribution in [0.25, 0.3) is 0 Å². The van der Waals surface area contributed by atoms with Crippen LogP contribution in [0.1, 0.15) is 41.1 Å². The summed E-state index contributed by atoms with van der Waals surface area (Å²) in [7, 11) is 0. The lowest BCUT2D eigenvalue weighted by Crippen LogP contribution is -2.16. The monoisotopic (exact) mass is 472 g/mol. The van der Waals surface area contributed by atoms with Gasteiger partial charge in [0.15, 0.2) is 5.82 Å². The van der Waals surface area contributed by atoms with Crippen LogP contribution < -0.4 is 15.9 Å². The maximum atomic E-state index is 13.0. The number of anilines is 1. The minimum Gasteiger partial charge on any atom is -0.486 e. The summed E-state index contributed by atoms with van der Waals surface area (Å²) in [6.45, 7) is 0.0795. The molecule has 0 aliphatic heterocycles. The molecule has 1 aliphatic rings. The standard InChI is InChI=1S/C21H21FN6O2S2/c22-13-5-7-14(8-6-13)30-12-18-26-27-21(28(18)24)31-10-9-19(29)25-20-16(11-23)15-3-1-2-4-17(15)32-20/h5-8H,1-4,9-10,12,24H2,(H,25,29). The molecule has 0 atom stereocenters. The van der Waals surface area contributed by atoms with E-state index in [1.54, 1.807) is 0 Å². The van der Waals surface area contributed by atoms with Gasteiger partial charge in [0, 0.05) is 17.1 Å². The number of nitrogens with one attached hydrogen (secondary N) is 1. The maximum Gasteiger partial charge on any atom is 0.225 e. The number of nitriles is 1. The first-order valence-electron chi connectivity index (χ1n) is 10.1. The molecule has 0 spiro atoms. The molecule has 166 valence electrons. The zero-order valence-corrected chi connectivity index (χ0v) is 18.8. The molecule has 1 amide bonds. The second-order valence-electron chi connectivity index (χ2n) is 7.18. The molecular weight excluding hydrogens is 451 g/mol. The quantitative estimate of drug-likeness (QED) is 0.379. The summed E-state index contributed by atoms with van der Waals surface area (Å²) in [5.74, 6) is 6.87. The van der Waals surface area contributed by atoms with Gasteiger partial charge in [-0.1, -0.05) is 11.8 Å². The number of amides is 1. The molecule has 0 fully saturated rings. The lowest BCUT2D eigenvalue weighted by molar-refractivity contribution is -0.115. The molecule has 0 bridgehead atoms. The minimum absolute atomic E-state index is 0.0795. The molecule has 1 aromatic carbocycles. The minimum atomic E-state index is -0.343. The summed E-state index contributed by atoms with van der Waals surface area (Å²) >= 11 is 2.82. The molecule has 32 heavy (non-hydrogen) atoms. The Bertz CT molecular complexity index is 1150. The Morgan fingerprint density at radius 1 is 1.31 bits per heavy atom. The number of benzene rings is 1.